The summed E-state index contributed by atoms with van der Waals surface area (Å²) in [5, 5.41) is 3.22. The highest BCUT2D eigenvalue weighted by molar-refractivity contribution is 5.73. The summed E-state index contributed by atoms with van der Waals surface area (Å²) in [5.74, 6) is -0.161. The highest BCUT2D eigenvalue weighted by Gasteiger charge is 2.17. The summed E-state index contributed by atoms with van der Waals surface area (Å²) in [5.41, 5.74) is 1.99. The molecule has 1 aliphatic heterocycles. The molecule has 1 heterocycles. The molecule has 23 heavy (non-hydrogen) atoms. The average Bonchev–Trinajstić information content (AvgIpc) is 3.06. The first-order valence-corrected chi connectivity index (χ1v) is 7.62. The van der Waals surface area contributed by atoms with Crippen molar-refractivity contribution in [2.45, 2.75) is 19.1 Å². The topological polar surface area (TPSA) is 30.5 Å². The van der Waals surface area contributed by atoms with Crippen LogP contribution in [0.1, 0.15) is 12.0 Å². The van der Waals surface area contributed by atoms with E-state index in [9.17, 15) is 8.78 Å². The Kier molecular flexibility index (Phi) is 4.88. The summed E-state index contributed by atoms with van der Waals surface area (Å²) in [6, 6.07) is 8.74. The monoisotopic (exact) mass is 319 g/mol. The van der Waals surface area contributed by atoms with Crippen LogP contribution in [0.2, 0.25) is 0 Å². The second-order valence-electron chi connectivity index (χ2n) is 5.57. The Bertz CT molecular complexity index is 685. The maximum atomic E-state index is 13.7. The van der Waals surface area contributed by atoms with Crippen molar-refractivity contribution in [1.82, 2.24) is 5.32 Å². The first kappa shape index (κ1) is 15.9. The van der Waals surface area contributed by atoms with Gasteiger partial charge in [0.15, 0.2) is 0 Å². The van der Waals surface area contributed by atoms with Crippen LogP contribution in [0, 0.1) is 11.6 Å². The Balaban J connectivity index is 1.93. The smallest absolute Gasteiger partial charge is 0.126 e. The van der Waals surface area contributed by atoms with E-state index >= 15 is 0 Å². The van der Waals surface area contributed by atoms with Gasteiger partial charge in [-0.3, -0.25) is 0 Å². The molecule has 3 nitrogen and oxygen atoms in total. The maximum Gasteiger partial charge on any atom is 0.126 e. The van der Waals surface area contributed by atoms with Crippen LogP contribution >= 0.6 is 0 Å². The number of ether oxygens (including phenoxy) is 2. The third-order valence-electron chi connectivity index (χ3n) is 4.01. The largest absolute Gasteiger partial charge is 0.496 e. The fourth-order valence-electron chi connectivity index (χ4n) is 2.81. The molecule has 0 aliphatic carbocycles. The van der Waals surface area contributed by atoms with E-state index < -0.39 is 0 Å². The molecule has 0 bridgehead atoms. The molecule has 1 unspecified atom stereocenters. The van der Waals surface area contributed by atoms with Gasteiger partial charge < -0.3 is 14.8 Å². The molecule has 122 valence electrons. The van der Waals surface area contributed by atoms with Crippen LogP contribution < -0.4 is 10.1 Å². The van der Waals surface area contributed by atoms with E-state index in [0.29, 0.717) is 22.4 Å². The van der Waals surface area contributed by atoms with Gasteiger partial charge in [0.25, 0.3) is 0 Å². The van der Waals surface area contributed by atoms with Gasteiger partial charge in [-0.05, 0) is 54.4 Å². The van der Waals surface area contributed by atoms with Gasteiger partial charge in [-0.2, -0.15) is 0 Å². The molecular formula is C18H19F2NO2. The molecule has 1 saturated heterocycles. The van der Waals surface area contributed by atoms with Gasteiger partial charge in [0.2, 0.25) is 0 Å². The minimum Gasteiger partial charge on any atom is -0.496 e. The highest BCUT2D eigenvalue weighted by Crippen LogP contribution is 2.34. The number of hydrogen-bond acceptors (Lipinski definition) is 3. The fraction of sp³-hybridized carbons (Fsp3) is 0.333. The van der Waals surface area contributed by atoms with Gasteiger partial charge in [0.1, 0.15) is 17.4 Å². The summed E-state index contributed by atoms with van der Waals surface area (Å²) in [4.78, 5) is 0. The van der Waals surface area contributed by atoms with E-state index in [0.717, 1.165) is 19.5 Å². The quantitative estimate of drug-likeness (QED) is 0.915. The second kappa shape index (κ2) is 7.06. The number of benzene rings is 2. The number of nitrogens with one attached hydrogen (secondary N) is 1. The van der Waals surface area contributed by atoms with Crippen molar-refractivity contribution < 1.29 is 18.3 Å². The zero-order chi connectivity index (χ0) is 16.2. The standard InChI is InChI=1S/C18H19F2NO2/c1-22-18-5-3-14(20)9-17(18)16-4-2-13(19)8-12(16)11-23-15-6-7-21-10-15/h2-5,8-9,15,21H,6-7,10-11H2,1H3. The number of methoxy groups -OCH3 is 1. The third-order valence-corrected chi connectivity index (χ3v) is 4.01. The fourth-order valence-corrected chi connectivity index (χ4v) is 2.81. The van der Waals surface area contributed by atoms with Gasteiger partial charge in [-0.1, -0.05) is 6.07 Å². The number of hydrogen-bond donors (Lipinski definition) is 1. The zero-order valence-corrected chi connectivity index (χ0v) is 12.9. The normalized spacial score (nSPS) is 17.4. The lowest BCUT2D eigenvalue weighted by Crippen LogP contribution is -2.16. The minimum atomic E-state index is -0.364. The van der Waals surface area contributed by atoms with E-state index in [1.807, 2.05) is 0 Å². The summed E-state index contributed by atoms with van der Waals surface area (Å²) in [7, 11) is 1.53. The van der Waals surface area contributed by atoms with Crippen molar-refractivity contribution in [2.24, 2.45) is 0 Å². The van der Waals surface area contributed by atoms with Crippen molar-refractivity contribution in [1.29, 1.82) is 0 Å². The van der Waals surface area contributed by atoms with Gasteiger partial charge >= 0.3 is 0 Å². The predicted octanol–water partition coefficient (Wildman–Crippen LogP) is 3.52. The summed E-state index contributed by atoms with van der Waals surface area (Å²) >= 11 is 0. The Hall–Kier alpha value is -1.98. The van der Waals surface area contributed by atoms with Gasteiger partial charge in [-0.15, -0.1) is 0 Å². The lowest BCUT2D eigenvalue weighted by atomic mass is 9.98. The van der Waals surface area contributed by atoms with Crippen molar-refractivity contribution in [2.75, 3.05) is 20.2 Å². The second-order valence-corrected chi connectivity index (χ2v) is 5.57. The molecule has 1 N–H and O–H groups in total. The van der Waals surface area contributed by atoms with Crippen LogP contribution in [0.15, 0.2) is 36.4 Å². The molecule has 2 aromatic rings. The lowest BCUT2D eigenvalue weighted by molar-refractivity contribution is 0.0543. The summed E-state index contributed by atoms with van der Waals surface area (Å²) in [6.45, 7) is 2.01. The van der Waals surface area contributed by atoms with E-state index in [-0.39, 0.29) is 24.3 Å². The molecule has 2 aromatic carbocycles. The Morgan fingerprint density at radius 3 is 2.61 bits per heavy atom. The molecule has 0 aromatic heterocycles. The molecule has 1 aliphatic rings. The van der Waals surface area contributed by atoms with Crippen LogP contribution in [-0.2, 0) is 11.3 Å². The van der Waals surface area contributed by atoms with Crippen LogP contribution in [0.3, 0.4) is 0 Å². The van der Waals surface area contributed by atoms with Gasteiger partial charge in [0, 0.05) is 12.1 Å². The van der Waals surface area contributed by atoms with Crippen molar-refractivity contribution >= 4 is 0 Å². The van der Waals surface area contributed by atoms with Crippen LogP contribution in [0.4, 0.5) is 8.78 Å². The molecule has 3 rings (SSSR count). The van der Waals surface area contributed by atoms with E-state index in [4.69, 9.17) is 9.47 Å². The molecule has 0 spiro atoms. The number of halogens is 2. The van der Waals surface area contributed by atoms with E-state index in [1.165, 1.54) is 31.4 Å². The molecule has 1 fully saturated rings. The van der Waals surface area contributed by atoms with Crippen LogP contribution in [0.25, 0.3) is 11.1 Å². The lowest BCUT2D eigenvalue weighted by Gasteiger charge is -2.16. The molecular weight excluding hydrogens is 300 g/mol. The van der Waals surface area contributed by atoms with Crippen LogP contribution in [0.5, 0.6) is 5.75 Å². The maximum absolute atomic E-state index is 13.7. The SMILES string of the molecule is COc1ccc(F)cc1-c1ccc(F)cc1COC1CCNC1. The minimum absolute atomic E-state index is 0.125. The van der Waals surface area contributed by atoms with Crippen molar-refractivity contribution in [3.05, 3.63) is 53.6 Å². The number of rotatable bonds is 5. The highest BCUT2D eigenvalue weighted by atomic mass is 19.1. The van der Waals surface area contributed by atoms with Gasteiger partial charge in [0.05, 0.1) is 19.8 Å². The average molecular weight is 319 g/mol. The summed E-state index contributed by atoms with van der Waals surface area (Å²) in [6.07, 6.45) is 1.06. The third kappa shape index (κ3) is 3.68. The first-order chi connectivity index (χ1) is 11.2. The molecule has 0 radical (unpaired) electrons. The van der Waals surface area contributed by atoms with E-state index in [2.05, 4.69) is 5.32 Å². The predicted molar refractivity (Wildman–Crippen MR) is 84.4 cm³/mol. The zero-order valence-electron chi connectivity index (χ0n) is 12.9. The van der Waals surface area contributed by atoms with Gasteiger partial charge in [-0.25, -0.2) is 8.78 Å². The first-order valence-electron chi connectivity index (χ1n) is 7.62. The van der Waals surface area contributed by atoms with Crippen molar-refractivity contribution in [3.8, 4) is 16.9 Å². The molecule has 1 atom stereocenters. The molecule has 0 amide bonds. The Labute approximate surface area is 134 Å². The van der Waals surface area contributed by atoms with Crippen molar-refractivity contribution in [3.63, 3.8) is 0 Å². The van der Waals surface area contributed by atoms with Crippen LogP contribution in [-0.4, -0.2) is 26.3 Å². The molecule has 5 heteroatoms. The Morgan fingerprint density at radius 1 is 1.09 bits per heavy atom. The Morgan fingerprint density at radius 2 is 1.87 bits per heavy atom. The molecule has 0 saturated carbocycles. The summed E-state index contributed by atoms with van der Waals surface area (Å²) < 4.78 is 38.4. The van der Waals surface area contributed by atoms with E-state index in [1.54, 1.807) is 12.1 Å².